The number of carbonyl (C=O) groups is 3. The summed E-state index contributed by atoms with van der Waals surface area (Å²) in [5.41, 5.74) is 1.70. The smallest absolute Gasteiger partial charge is 0.317 e. The summed E-state index contributed by atoms with van der Waals surface area (Å²) in [5, 5.41) is 10.00. The topological polar surface area (TPSA) is 89.9 Å². The van der Waals surface area contributed by atoms with Crippen LogP contribution in [-0.4, -0.2) is 29.3 Å². The minimum absolute atomic E-state index is 0.0345. The van der Waals surface area contributed by atoms with Crippen molar-refractivity contribution in [2.45, 2.75) is 31.0 Å². The van der Waals surface area contributed by atoms with Gasteiger partial charge in [-0.2, -0.15) is 0 Å². The first-order valence-corrected chi connectivity index (χ1v) is 7.28. The molecular formula is C16H14O6. The molecule has 3 aliphatic rings. The van der Waals surface area contributed by atoms with Crippen LogP contribution in [0, 0.1) is 11.8 Å². The molecule has 2 heterocycles. The molecule has 6 heteroatoms. The Bertz CT molecular complexity index is 681. The SMILES string of the molecule is O=C1CC(C2CC3C(=O)OC(O)C3c3ccccc32)C(=O)O1. The molecule has 5 atom stereocenters. The third-order valence-electron chi connectivity index (χ3n) is 4.93. The summed E-state index contributed by atoms with van der Waals surface area (Å²) in [6, 6.07) is 7.39. The third-order valence-corrected chi connectivity index (χ3v) is 4.93. The second-order valence-corrected chi connectivity index (χ2v) is 6.03. The van der Waals surface area contributed by atoms with Crippen LogP contribution in [0.4, 0.5) is 0 Å². The predicted molar refractivity (Wildman–Crippen MR) is 71.3 cm³/mol. The fourth-order valence-corrected chi connectivity index (χ4v) is 3.97. The molecule has 5 unspecified atom stereocenters. The number of ether oxygens (including phenoxy) is 2. The minimum atomic E-state index is -1.16. The summed E-state index contributed by atoms with van der Waals surface area (Å²) < 4.78 is 9.62. The molecule has 0 amide bonds. The van der Waals surface area contributed by atoms with Gasteiger partial charge < -0.3 is 14.6 Å². The van der Waals surface area contributed by atoms with E-state index < -0.39 is 42.0 Å². The van der Waals surface area contributed by atoms with Crippen molar-refractivity contribution in [1.82, 2.24) is 0 Å². The summed E-state index contributed by atoms with van der Waals surface area (Å²) in [4.78, 5) is 35.3. The first kappa shape index (κ1) is 13.5. The Hall–Kier alpha value is -2.21. The molecule has 1 aromatic carbocycles. The lowest BCUT2D eigenvalue weighted by Gasteiger charge is -2.34. The van der Waals surface area contributed by atoms with E-state index in [1.807, 2.05) is 24.3 Å². The van der Waals surface area contributed by atoms with Crippen molar-refractivity contribution in [2.24, 2.45) is 11.8 Å². The van der Waals surface area contributed by atoms with Gasteiger partial charge in [-0.15, -0.1) is 0 Å². The third kappa shape index (κ3) is 1.80. The highest BCUT2D eigenvalue weighted by atomic mass is 16.6. The number of aliphatic hydroxyl groups excluding tert-OH is 1. The van der Waals surface area contributed by atoms with Crippen LogP contribution in [0.15, 0.2) is 24.3 Å². The summed E-state index contributed by atoms with van der Waals surface area (Å²) in [6.45, 7) is 0. The van der Waals surface area contributed by atoms with Crippen molar-refractivity contribution in [2.75, 3.05) is 0 Å². The average molecular weight is 302 g/mol. The molecule has 0 radical (unpaired) electrons. The maximum absolute atomic E-state index is 12.0. The highest BCUT2D eigenvalue weighted by molar-refractivity contribution is 5.95. The molecule has 22 heavy (non-hydrogen) atoms. The van der Waals surface area contributed by atoms with Crippen LogP contribution < -0.4 is 0 Å². The van der Waals surface area contributed by atoms with Gasteiger partial charge >= 0.3 is 17.9 Å². The maximum Gasteiger partial charge on any atom is 0.317 e. The zero-order chi connectivity index (χ0) is 15.4. The van der Waals surface area contributed by atoms with Crippen LogP contribution in [0.5, 0.6) is 0 Å². The van der Waals surface area contributed by atoms with Gasteiger partial charge in [0.05, 0.1) is 24.2 Å². The van der Waals surface area contributed by atoms with Crippen molar-refractivity contribution in [1.29, 1.82) is 0 Å². The van der Waals surface area contributed by atoms with Crippen LogP contribution in [0.2, 0.25) is 0 Å². The fourth-order valence-electron chi connectivity index (χ4n) is 3.97. The fraction of sp³-hybridized carbons (Fsp3) is 0.438. The molecule has 1 aromatic rings. The molecule has 114 valence electrons. The van der Waals surface area contributed by atoms with E-state index in [1.165, 1.54) is 0 Å². The molecule has 2 saturated heterocycles. The van der Waals surface area contributed by atoms with E-state index in [1.54, 1.807) is 0 Å². The average Bonchev–Trinajstić information content (AvgIpc) is 2.97. The van der Waals surface area contributed by atoms with Gasteiger partial charge in [0.1, 0.15) is 0 Å². The van der Waals surface area contributed by atoms with Crippen LogP contribution in [0.25, 0.3) is 0 Å². The molecule has 0 bridgehead atoms. The molecule has 0 spiro atoms. The van der Waals surface area contributed by atoms with Crippen LogP contribution in [0.1, 0.15) is 35.8 Å². The lowest BCUT2D eigenvalue weighted by Crippen LogP contribution is -2.31. The van der Waals surface area contributed by atoms with E-state index in [-0.39, 0.29) is 12.3 Å². The minimum Gasteiger partial charge on any atom is -0.435 e. The van der Waals surface area contributed by atoms with Crippen LogP contribution >= 0.6 is 0 Å². The normalized spacial score (nSPS) is 36.6. The van der Waals surface area contributed by atoms with Crippen molar-refractivity contribution < 1.29 is 29.0 Å². The summed E-state index contributed by atoms with van der Waals surface area (Å²) in [7, 11) is 0. The number of esters is 3. The summed E-state index contributed by atoms with van der Waals surface area (Å²) in [6.07, 6.45) is -0.742. The number of hydrogen-bond acceptors (Lipinski definition) is 6. The number of aliphatic hydroxyl groups is 1. The first-order chi connectivity index (χ1) is 10.6. The van der Waals surface area contributed by atoms with E-state index in [2.05, 4.69) is 4.74 Å². The second kappa shape index (κ2) is 4.64. The number of cyclic esters (lactones) is 3. The standard InChI is InChI=1S/C16H14O6/c17-12-6-10(14(18)21-12)9-5-11-13(16(20)22-15(11)19)8-4-2-1-3-7(8)9/h1-4,9-11,13,16,20H,5-6H2. The van der Waals surface area contributed by atoms with E-state index in [0.717, 1.165) is 11.1 Å². The number of fused-ring (bicyclic) bond motifs is 3. The number of benzene rings is 1. The van der Waals surface area contributed by atoms with E-state index in [0.29, 0.717) is 6.42 Å². The zero-order valence-corrected chi connectivity index (χ0v) is 11.6. The monoisotopic (exact) mass is 302 g/mol. The van der Waals surface area contributed by atoms with E-state index in [4.69, 9.17) is 4.74 Å². The number of rotatable bonds is 1. The van der Waals surface area contributed by atoms with Gasteiger partial charge in [-0.3, -0.25) is 14.4 Å². The number of hydrogen-bond donors (Lipinski definition) is 1. The largest absolute Gasteiger partial charge is 0.435 e. The van der Waals surface area contributed by atoms with Crippen molar-refractivity contribution in [3.05, 3.63) is 35.4 Å². The summed E-state index contributed by atoms with van der Waals surface area (Å²) >= 11 is 0. The predicted octanol–water partition coefficient (Wildman–Crippen LogP) is 0.839. The Morgan fingerprint density at radius 1 is 0.955 bits per heavy atom. The Morgan fingerprint density at radius 2 is 1.68 bits per heavy atom. The van der Waals surface area contributed by atoms with Gasteiger partial charge in [0.15, 0.2) is 0 Å². The Morgan fingerprint density at radius 3 is 2.36 bits per heavy atom. The second-order valence-electron chi connectivity index (χ2n) is 6.03. The number of carbonyl (C=O) groups excluding carboxylic acids is 3. The van der Waals surface area contributed by atoms with Crippen molar-refractivity contribution in [3.8, 4) is 0 Å². The lowest BCUT2D eigenvalue weighted by molar-refractivity contribution is -0.157. The van der Waals surface area contributed by atoms with Crippen molar-refractivity contribution >= 4 is 17.9 Å². The maximum atomic E-state index is 12.0. The molecule has 1 N–H and O–H groups in total. The first-order valence-electron chi connectivity index (χ1n) is 7.28. The van der Waals surface area contributed by atoms with Gasteiger partial charge in [0.25, 0.3) is 0 Å². The molecular weight excluding hydrogens is 288 g/mol. The van der Waals surface area contributed by atoms with Gasteiger partial charge in [0, 0.05) is 0 Å². The van der Waals surface area contributed by atoms with Gasteiger partial charge in [-0.25, -0.2) is 0 Å². The highest BCUT2D eigenvalue weighted by Gasteiger charge is 2.53. The van der Waals surface area contributed by atoms with Gasteiger partial charge in [-0.05, 0) is 23.5 Å². The Balaban J connectivity index is 1.79. The molecule has 6 nitrogen and oxygen atoms in total. The molecule has 1 aliphatic carbocycles. The van der Waals surface area contributed by atoms with Crippen molar-refractivity contribution in [3.63, 3.8) is 0 Å². The summed E-state index contributed by atoms with van der Waals surface area (Å²) in [5.74, 6) is -3.24. The molecule has 4 rings (SSSR count). The highest BCUT2D eigenvalue weighted by Crippen LogP contribution is 2.51. The Kier molecular flexibility index (Phi) is 2.84. The van der Waals surface area contributed by atoms with Gasteiger partial charge in [0.2, 0.25) is 6.29 Å². The molecule has 2 fully saturated rings. The zero-order valence-electron chi connectivity index (χ0n) is 11.6. The molecule has 0 aromatic heterocycles. The lowest BCUT2D eigenvalue weighted by atomic mass is 9.67. The van der Waals surface area contributed by atoms with E-state index in [9.17, 15) is 19.5 Å². The Labute approximate surface area is 126 Å². The van der Waals surface area contributed by atoms with E-state index >= 15 is 0 Å². The molecule has 0 saturated carbocycles. The quantitative estimate of drug-likeness (QED) is 0.610. The van der Waals surface area contributed by atoms with Crippen LogP contribution in [-0.2, 0) is 23.9 Å². The van der Waals surface area contributed by atoms with Crippen LogP contribution in [0.3, 0.4) is 0 Å². The van der Waals surface area contributed by atoms with Gasteiger partial charge in [-0.1, -0.05) is 24.3 Å². The molecule has 2 aliphatic heterocycles.